The molecular weight excluding hydrogens is 192 g/mol. The third kappa shape index (κ3) is 4.14. The normalized spacial score (nSPS) is 9.27. The van der Waals surface area contributed by atoms with E-state index in [1.165, 1.54) is 0 Å². The van der Waals surface area contributed by atoms with Crippen LogP contribution < -0.4 is 5.32 Å². The highest BCUT2D eigenvalue weighted by Gasteiger charge is 1.97. The summed E-state index contributed by atoms with van der Waals surface area (Å²) in [7, 11) is 0. The Bertz CT molecular complexity index is 365. The molecule has 2 N–H and O–H groups in total. The number of hydrogen-bond acceptors (Lipinski definition) is 2. The number of nitriles is 1. The van der Waals surface area contributed by atoms with E-state index in [0.717, 1.165) is 17.5 Å². The molecule has 0 saturated heterocycles. The lowest BCUT2D eigenvalue weighted by Crippen LogP contribution is -2.19. The van der Waals surface area contributed by atoms with Gasteiger partial charge in [0.2, 0.25) is 0 Å². The van der Waals surface area contributed by atoms with Crippen molar-refractivity contribution in [2.24, 2.45) is 0 Å². The van der Waals surface area contributed by atoms with Gasteiger partial charge in [-0.3, -0.25) is 0 Å². The van der Waals surface area contributed by atoms with Gasteiger partial charge in [0.05, 0.1) is 6.07 Å². The smallest absolute Gasteiger partial charge is 0.404 e. The number of nitrogens with one attached hydrogen (secondary N) is 1. The molecule has 1 aromatic rings. The standard InChI is InChI=1S/C11H12N2O2/c12-7-1-2-9-3-5-10(6-4-9)8-13-11(14)15/h3-6,13H,1-2,8H2,(H,14,15). The first-order valence-electron chi connectivity index (χ1n) is 4.64. The highest BCUT2D eigenvalue weighted by Crippen LogP contribution is 2.06. The zero-order valence-corrected chi connectivity index (χ0v) is 8.23. The van der Waals surface area contributed by atoms with E-state index in [4.69, 9.17) is 10.4 Å². The Kier molecular flexibility index (Phi) is 4.17. The summed E-state index contributed by atoms with van der Waals surface area (Å²) in [6.07, 6.45) is 0.221. The van der Waals surface area contributed by atoms with Crippen LogP contribution in [0.25, 0.3) is 0 Å². The van der Waals surface area contributed by atoms with Crippen molar-refractivity contribution in [3.8, 4) is 6.07 Å². The lowest BCUT2D eigenvalue weighted by molar-refractivity contribution is 0.194. The van der Waals surface area contributed by atoms with Crippen LogP contribution in [0.1, 0.15) is 17.5 Å². The molecule has 0 aromatic heterocycles. The number of carboxylic acid groups (broad SMARTS) is 1. The number of carbonyl (C=O) groups is 1. The van der Waals surface area contributed by atoms with Gasteiger partial charge in [0, 0.05) is 13.0 Å². The minimum atomic E-state index is -1.02. The Morgan fingerprint density at radius 3 is 2.47 bits per heavy atom. The number of rotatable bonds is 4. The molecule has 0 bridgehead atoms. The van der Waals surface area contributed by atoms with Crippen molar-refractivity contribution in [2.75, 3.05) is 0 Å². The lowest BCUT2D eigenvalue weighted by Gasteiger charge is -2.02. The van der Waals surface area contributed by atoms with E-state index in [-0.39, 0.29) is 0 Å². The maximum atomic E-state index is 10.2. The van der Waals surface area contributed by atoms with Gasteiger partial charge in [0.1, 0.15) is 0 Å². The molecule has 0 saturated carbocycles. The maximum Gasteiger partial charge on any atom is 0.404 e. The van der Waals surface area contributed by atoms with Gasteiger partial charge in [-0.15, -0.1) is 0 Å². The first-order valence-corrected chi connectivity index (χ1v) is 4.64. The molecule has 78 valence electrons. The fourth-order valence-electron chi connectivity index (χ4n) is 1.20. The van der Waals surface area contributed by atoms with E-state index in [9.17, 15) is 4.79 Å². The Hall–Kier alpha value is -2.02. The Morgan fingerprint density at radius 1 is 1.33 bits per heavy atom. The zero-order chi connectivity index (χ0) is 11.1. The number of nitrogens with zero attached hydrogens (tertiary/aromatic N) is 1. The van der Waals surface area contributed by atoms with Crippen LogP contribution >= 0.6 is 0 Å². The molecule has 1 aromatic carbocycles. The van der Waals surface area contributed by atoms with Crippen LogP contribution in [0.2, 0.25) is 0 Å². The molecule has 1 rings (SSSR count). The Morgan fingerprint density at radius 2 is 1.93 bits per heavy atom. The quantitative estimate of drug-likeness (QED) is 0.786. The van der Waals surface area contributed by atoms with E-state index in [1.807, 2.05) is 24.3 Å². The summed E-state index contributed by atoms with van der Waals surface area (Å²) in [5, 5.41) is 19.1. The van der Waals surface area contributed by atoms with Crippen LogP contribution in [0.5, 0.6) is 0 Å². The predicted molar refractivity (Wildman–Crippen MR) is 55.2 cm³/mol. The largest absolute Gasteiger partial charge is 0.465 e. The molecule has 0 radical (unpaired) electrons. The van der Waals surface area contributed by atoms with Gasteiger partial charge in [-0.05, 0) is 17.5 Å². The van der Waals surface area contributed by atoms with E-state index in [2.05, 4.69) is 11.4 Å². The summed E-state index contributed by atoms with van der Waals surface area (Å²) in [5.74, 6) is 0. The second-order valence-corrected chi connectivity index (χ2v) is 3.13. The second kappa shape index (κ2) is 5.66. The minimum absolute atomic E-state index is 0.313. The van der Waals surface area contributed by atoms with Crippen LogP contribution in [-0.4, -0.2) is 11.2 Å². The molecule has 0 spiro atoms. The molecule has 0 aliphatic rings. The average Bonchev–Trinajstić information content (AvgIpc) is 2.25. The third-order valence-corrected chi connectivity index (χ3v) is 1.99. The second-order valence-electron chi connectivity index (χ2n) is 3.13. The summed E-state index contributed by atoms with van der Waals surface area (Å²) < 4.78 is 0. The lowest BCUT2D eigenvalue weighted by atomic mass is 10.1. The van der Waals surface area contributed by atoms with Gasteiger partial charge in [-0.1, -0.05) is 24.3 Å². The first kappa shape index (κ1) is 11.1. The summed E-state index contributed by atoms with van der Waals surface area (Å²) >= 11 is 0. The number of benzene rings is 1. The summed E-state index contributed by atoms with van der Waals surface area (Å²) in [6, 6.07) is 9.63. The fourth-order valence-corrected chi connectivity index (χ4v) is 1.20. The van der Waals surface area contributed by atoms with Gasteiger partial charge in [-0.25, -0.2) is 4.79 Å². The first-order chi connectivity index (χ1) is 7.22. The van der Waals surface area contributed by atoms with Gasteiger partial charge < -0.3 is 10.4 Å². The molecule has 0 aliphatic carbocycles. The van der Waals surface area contributed by atoms with E-state index < -0.39 is 6.09 Å². The Labute approximate surface area is 88.2 Å². The van der Waals surface area contributed by atoms with E-state index >= 15 is 0 Å². The van der Waals surface area contributed by atoms with Crippen LogP contribution in [0.4, 0.5) is 4.79 Å². The van der Waals surface area contributed by atoms with Crippen molar-refractivity contribution >= 4 is 6.09 Å². The molecule has 4 heteroatoms. The van der Waals surface area contributed by atoms with Gasteiger partial charge in [0.15, 0.2) is 0 Å². The van der Waals surface area contributed by atoms with Crippen LogP contribution in [0, 0.1) is 11.3 Å². The highest BCUT2D eigenvalue weighted by atomic mass is 16.4. The van der Waals surface area contributed by atoms with Gasteiger partial charge >= 0.3 is 6.09 Å². The van der Waals surface area contributed by atoms with Crippen molar-refractivity contribution in [1.82, 2.24) is 5.32 Å². The number of hydrogen-bond donors (Lipinski definition) is 2. The highest BCUT2D eigenvalue weighted by molar-refractivity contribution is 5.64. The molecule has 0 fully saturated rings. The van der Waals surface area contributed by atoms with Crippen LogP contribution in [0.3, 0.4) is 0 Å². The molecule has 1 amide bonds. The molecule has 0 unspecified atom stereocenters. The van der Waals surface area contributed by atoms with Gasteiger partial charge in [-0.2, -0.15) is 5.26 Å². The van der Waals surface area contributed by atoms with Crippen molar-refractivity contribution < 1.29 is 9.90 Å². The van der Waals surface area contributed by atoms with Crippen molar-refractivity contribution in [3.05, 3.63) is 35.4 Å². The fraction of sp³-hybridized carbons (Fsp3) is 0.273. The average molecular weight is 204 g/mol. The Balaban J connectivity index is 2.49. The summed E-state index contributed by atoms with van der Waals surface area (Å²) in [6.45, 7) is 0.313. The minimum Gasteiger partial charge on any atom is -0.465 e. The molecule has 0 heterocycles. The molecule has 0 atom stereocenters. The van der Waals surface area contributed by atoms with Gasteiger partial charge in [0.25, 0.3) is 0 Å². The topological polar surface area (TPSA) is 73.1 Å². The SMILES string of the molecule is N#CCCc1ccc(CNC(=O)O)cc1. The molecule has 4 nitrogen and oxygen atoms in total. The van der Waals surface area contributed by atoms with Crippen molar-refractivity contribution in [2.45, 2.75) is 19.4 Å². The summed E-state index contributed by atoms with van der Waals surface area (Å²) in [4.78, 5) is 10.2. The molecule has 0 aliphatic heterocycles. The van der Waals surface area contributed by atoms with Crippen molar-refractivity contribution in [1.29, 1.82) is 5.26 Å². The number of aryl methyl sites for hydroxylation is 1. The summed E-state index contributed by atoms with van der Waals surface area (Å²) in [5.41, 5.74) is 2.01. The molecule has 15 heavy (non-hydrogen) atoms. The van der Waals surface area contributed by atoms with E-state index in [0.29, 0.717) is 13.0 Å². The van der Waals surface area contributed by atoms with Crippen molar-refractivity contribution in [3.63, 3.8) is 0 Å². The number of amides is 1. The predicted octanol–water partition coefficient (Wildman–Crippen LogP) is 1.91. The van der Waals surface area contributed by atoms with E-state index in [1.54, 1.807) is 0 Å². The monoisotopic (exact) mass is 204 g/mol. The third-order valence-electron chi connectivity index (χ3n) is 1.99. The maximum absolute atomic E-state index is 10.2. The van der Waals surface area contributed by atoms with Crippen LogP contribution in [-0.2, 0) is 13.0 Å². The molecular formula is C11H12N2O2. The zero-order valence-electron chi connectivity index (χ0n) is 8.23. The van der Waals surface area contributed by atoms with Crippen LogP contribution in [0.15, 0.2) is 24.3 Å².